The van der Waals surface area contributed by atoms with Gasteiger partial charge in [-0.1, -0.05) is 53.7 Å². The van der Waals surface area contributed by atoms with Crippen LogP contribution in [0.4, 0.5) is 5.69 Å². The normalized spacial score (nSPS) is 11.0. The number of hydrogen-bond donors (Lipinski definition) is 1. The average molecular weight is 371 g/mol. The number of rotatable bonds is 6. The van der Waals surface area contributed by atoms with Crippen molar-refractivity contribution in [2.75, 3.05) is 5.32 Å². The minimum atomic E-state index is -0.210. The molecule has 2 aromatic carbocycles. The van der Waals surface area contributed by atoms with Crippen molar-refractivity contribution in [2.24, 2.45) is 0 Å². The number of carbonyl (C=O) groups is 1. The molecule has 0 radical (unpaired) electrons. The molecular weight excluding hydrogens is 354 g/mol. The van der Waals surface area contributed by atoms with Crippen molar-refractivity contribution in [3.8, 4) is 11.6 Å². The van der Waals surface area contributed by atoms with Crippen LogP contribution in [0.2, 0.25) is 0 Å². The second-order valence-electron chi connectivity index (χ2n) is 6.06. The molecule has 0 aliphatic carbocycles. The van der Waals surface area contributed by atoms with Crippen molar-refractivity contribution in [3.63, 3.8) is 0 Å². The highest BCUT2D eigenvalue weighted by Crippen LogP contribution is 2.21. The number of anilines is 1. The highest BCUT2D eigenvalue weighted by atomic mass is 16.5. The van der Waals surface area contributed by atoms with Gasteiger partial charge in [-0.25, -0.2) is 0 Å². The number of carbonyl (C=O) groups excluding carboxylic acids is 1. The highest BCUT2D eigenvalue weighted by Gasteiger charge is 2.13. The first-order chi connectivity index (χ1) is 13.8. The first-order valence-corrected chi connectivity index (χ1v) is 8.76. The Morgan fingerprint density at radius 2 is 1.82 bits per heavy atom. The van der Waals surface area contributed by atoms with E-state index in [1.807, 2.05) is 54.6 Å². The lowest BCUT2D eigenvalue weighted by molar-refractivity contribution is -0.111. The van der Waals surface area contributed by atoms with Crippen LogP contribution in [0.1, 0.15) is 17.0 Å². The molecule has 2 aromatic heterocycles. The lowest BCUT2D eigenvalue weighted by Gasteiger charge is -2.08. The molecule has 0 bridgehead atoms. The predicted molar refractivity (Wildman–Crippen MR) is 105 cm³/mol. The third-order valence-electron chi connectivity index (χ3n) is 4.05. The van der Waals surface area contributed by atoms with Crippen LogP contribution in [-0.2, 0) is 11.2 Å². The third kappa shape index (κ3) is 4.24. The molecule has 4 rings (SSSR count). The topological polar surface area (TPSA) is 81.2 Å². The van der Waals surface area contributed by atoms with E-state index in [0.717, 1.165) is 11.1 Å². The lowest BCUT2D eigenvalue weighted by Crippen LogP contribution is -2.10. The Morgan fingerprint density at radius 3 is 2.64 bits per heavy atom. The quantitative estimate of drug-likeness (QED) is 0.502. The van der Waals surface area contributed by atoms with Gasteiger partial charge in [0, 0.05) is 11.8 Å². The monoisotopic (exact) mass is 371 g/mol. The molecule has 0 unspecified atom stereocenters. The van der Waals surface area contributed by atoms with Crippen molar-refractivity contribution in [2.45, 2.75) is 6.42 Å². The highest BCUT2D eigenvalue weighted by molar-refractivity contribution is 6.02. The number of nitrogens with one attached hydrogen (secondary N) is 1. The van der Waals surface area contributed by atoms with Crippen molar-refractivity contribution >= 4 is 17.7 Å². The van der Waals surface area contributed by atoms with E-state index in [2.05, 4.69) is 15.5 Å². The van der Waals surface area contributed by atoms with Gasteiger partial charge < -0.3 is 14.3 Å². The van der Waals surface area contributed by atoms with E-state index < -0.39 is 0 Å². The number of nitrogens with zero attached hydrogens (tertiary/aromatic N) is 2. The van der Waals surface area contributed by atoms with Gasteiger partial charge in [-0.15, -0.1) is 0 Å². The van der Waals surface area contributed by atoms with Gasteiger partial charge in [0.2, 0.25) is 17.6 Å². The average Bonchev–Trinajstić information content (AvgIpc) is 3.41. The molecule has 2 heterocycles. The summed E-state index contributed by atoms with van der Waals surface area (Å²) in [6.45, 7) is 0. The molecule has 0 aliphatic heterocycles. The van der Waals surface area contributed by atoms with Gasteiger partial charge in [0.15, 0.2) is 5.76 Å². The second kappa shape index (κ2) is 8.18. The number of para-hydroxylation sites is 1. The van der Waals surface area contributed by atoms with E-state index in [1.54, 1.807) is 24.5 Å². The van der Waals surface area contributed by atoms with E-state index in [0.29, 0.717) is 29.6 Å². The van der Waals surface area contributed by atoms with Gasteiger partial charge in [-0.2, -0.15) is 4.98 Å². The van der Waals surface area contributed by atoms with Crippen LogP contribution in [0.5, 0.6) is 0 Å². The number of amides is 1. The van der Waals surface area contributed by atoms with Gasteiger partial charge >= 0.3 is 0 Å². The predicted octanol–water partition coefficient (Wildman–Crippen LogP) is 4.57. The second-order valence-corrected chi connectivity index (χ2v) is 6.06. The summed E-state index contributed by atoms with van der Waals surface area (Å²) in [5, 5.41) is 6.83. The standard InChI is InChI=1S/C22H17N3O3/c26-20(13-12-16-7-2-1-3-8-16)23-18-10-5-4-9-17(18)15-21-24-22(25-28-21)19-11-6-14-27-19/h1-14H,15H2,(H,23,26)/b13-12+. The number of hydrogen-bond acceptors (Lipinski definition) is 5. The molecule has 6 heteroatoms. The van der Waals surface area contributed by atoms with E-state index in [4.69, 9.17) is 8.94 Å². The molecule has 1 amide bonds. The molecule has 138 valence electrons. The zero-order valence-corrected chi connectivity index (χ0v) is 14.9. The number of aromatic nitrogens is 2. The SMILES string of the molecule is O=C(/C=C/c1ccccc1)Nc1ccccc1Cc1nc(-c2ccco2)no1. The van der Waals surface area contributed by atoms with Gasteiger partial charge in [0.1, 0.15) is 0 Å². The largest absolute Gasteiger partial charge is 0.461 e. The van der Waals surface area contributed by atoms with E-state index in [1.165, 1.54) is 6.08 Å². The van der Waals surface area contributed by atoms with Crippen LogP contribution in [0.15, 0.2) is 88.0 Å². The minimum Gasteiger partial charge on any atom is -0.461 e. The van der Waals surface area contributed by atoms with Crippen LogP contribution in [0.3, 0.4) is 0 Å². The molecule has 0 saturated carbocycles. The Balaban J connectivity index is 1.46. The molecule has 0 aliphatic rings. The molecule has 0 saturated heterocycles. The molecule has 0 spiro atoms. The zero-order valence-electron chi connectivity index (χ0n) is 14.9. The summed E-state index contributed by atoms with van der Waals surface area (Å²) in [4.78, 5) is 16.6. The molecule has 6 nitrogen and oxygen atoms in total. The summed E-state index contributed by atoms with van der Waals surface area (Å²) in [6, 6.07) is 20.7. The molecule has 1 N–H and O–H groups in total. The third-order valence-corrected chi connectivity index (χ3v) is 4.05. The van der Waals surface area contributed by atoms with Crippen LogP contribution in [0.25, 0.3) is 17.7 Å². The number of furan rings is 1. The van der Waals surface area contributed by atoms with Crippen LogP contribution in [0, 0.1) is 0 Å². The number of benzene rings is 2. The van der Waals surface area contributed by atoms with Crippen LogP contribution in [-0.4, -0.2) is 16.0 Å². The maximum atomic E-state index is 12.3. The van der Waals surface area contributed by atoms with Crippen molar-refractivity contribution in [1.29, 1.82) is 0 Å². The minimum absolute atomic E-state index is 0.210. The first-order valence-electron chi connectivity index (χ1n) is 8.76. The molecule has 4 aromatic rings. The first kappa shape index (κ1) is 17.5. The summed E-state index contributed by atoms with van der Waals surface area (Å²) in [5.74, 6) is 1.17. The summed E-state index contributed by atoms with van der Waals surface area (Å²) in [6.07, 6.45) is 5.23. The maximum absolute atomic E-state index is 12.3. The Kier molecular flexibility index (Phi) is 5.11. The zero-order chi connectivity index (χ0) is 19.2. The van der Waals surface area contributed by atoms with E-state index in [-0.39, 0.29) is 5.91 Å². The Bertz CT molecular complexity index is 1080. The molecule has 0 fully saturated rings. The van der Waals surface area contributed by atoms with Crippen LogP contribution >= 0.6 is 0 Å². The summed E-state index contributed by atoms with van der Waals surface area (Å²) in [5.41, 5.74) is 2.53. The van der Waals surface area contributed by atoms with E-state index >= 15 is 0 Å². The fourth-order valence-corrected chi connectivity index (χ4v) is 2.70. The van der Waals surface area contributed by atoms with Gasteiger partial charge in [-0.3, -0.25) is 4.79 Å². The maximum Gasteiger partial charge on any atom is 0.248 e. The summed E-state index contributed by atoms with van der Waals surface area (Å²) < 4.78 is 10.6. The summed E-state index contributed by atoms with van der Waals surface area (Å²) in [7, 11) is 0. The molecule has 28 heavy (non-hydrogen) atoms. The van der Waals surface area contributed by atoms with Crippen molar-refractivity contribution < 1.29 is 13.7 Å². The van der Waals surface area contributed by atoms with Gasteiger partial charge in [0.05, 0.1) is 12.7 Å². The Morgan fingerprint density at radius 1 is 1.00 bits per heavy atom. The lowest BCUT2D eigenvalue weighted by atomic mass is 10.1. The Hall–Kier alpha value is -3.93. The smallest absolute Gasteiger partial charge is 0.248 e. The summed E-state index contributed by atoms with van der Waals surface area (Å²) >= 11 is 0. The van der Waals surface area contributed by atoms with Gasteiger partial charge in [-0.05, 0) is 35.4 Å². The molecule has 0 atom stereocenters. The fourth-order valence-electron chi connectivity index (χ4n) is 2.70. The molecular formula is C22H17N3O3. The fraction of sp³-hybridized carbons (Fsp3) is 0.0455. The van der Waals surface area contributed by atoms with Crippen LogP contribution < -0.4 is 5.32 Å². The van der Waals surface area contributed by atoms with Gasteiger partial charge in [0.25, 0.3) is 0 Å². The van der Waals surface area contributed by atoms with E-state index in [9.17, 15) is 4.79 Å². The van der Waals surface area contributed by atoms with Crippen molar-refractivity contribution in [3.05, 3.63) is 96.1 Å². The van der Waals surface area contributed by atoms with Crippen molar-refractivity contribution in [1.82, 2.24) is 10.1 Å². The Labute approximate surface area is 161 Å².